The van der Waals surface area contributed by atoms with Gasteiger partial charge in [-0.2, -0.15) is 0 Å². The molecule has 0 fully saturated rings. The fourth-order valence-corrected chi connectivity index (χ4v) is 1.66. The highest BCUT2D eigenvalue weighted by molar-refractivity contribution is 5.66. The molecule has 1 heterocycles. The number of aryl methyl sites for hydroxylation is 2. The van der Waals surface area contributed by atoms with Gasteiger partial charge >= 0.3 is 5.97 Å². The van der Waals surface area contributed by atoms with E-state index in [-0.39, 0.29) is 6.42 Å². The van der Waals surface area contributed by atoms with Crippen molar-refractivity contribution in [3.05, 3.63) is 35.7 Å². The van der Waals surface area contributed by atoms with Gasteiger partial charge in [-0.1, -0.05) is 24.3 Å². The van der Waals surface area contributed by atoms with Gasteiger partial charge < -0.3 is 5.11 Å². The molecular weight excluding hydrogens is 244 g/mol. The summed E-state index contributed by atoms with van der Waals surface area (Å²) in [6.45, 7) is 1.73. The van der Waals surface area contributed by atoms with Crippen molar-refractivity contribution in [3.63, 3.8) is 0 Å². The van der Waals surface area contributed by atoms with Crippen molar-refractivity contribution in [1.82, 2.24) is 20.4 Å². The van der Waals surface area contributed by atoms with E-state index in [0.29, 0.717) is 18.1 Å². The highest BCUT2D eigenvalue weighted by Gasteiger charge is 2.03. The van der Waals surface area contributed by atoms with Crippen LogP contribution in [0.5, 0.6) is 0 Å². The molecule has 6 nitrogen and oxygen atoms in total. The zero-order valence-electron chi connectivity index (χ0n) is 10.6. The average molecular weight is 258 g/mol. The lowest BCUT2D eigenvalue weighted by atomic mass is 10.1. The number of hydrogen-bond acceptors (Lipinski definition) is 5. The van der Waals surface area contributed by atoms with Crippen molar-refractivity contribution in [2.24, 2.45) is 0 Å². The largest absolute Gasteiger partial charge is 0.481 e. The summed E-state index contributed by atoms with van der Waals surface area (Å²) in [7, 11) is 0. The van der Waals surface area contributed by atoms with Gasteiger partial charge in [0.1, 0.15) is 0 Å². The molecule has 0 radical (unpaired) electrons. The number of aromatic nitrogens is 4. The monoisotopic (exact) mass is 258 g/mol. The number of carboxylic acid groups (broad SMARTS) is 1. The molecular formula is C13H14N4O2. The lowest BCUT2D eigenvalue weighted by molar-refractivity contribution is -0.137. The molecule has 19 heavy (non-hydrogen) atoms. The third-order valence-corrected chi connectivity index (χ3v) is 2.65. The number of rotatable bonds is 5. The van der Waals surface area contributed by atoms with Crippen LogP contribution in [0.2, 0.25) is 0 Å². The molecule has 0 aliphatic carbocycles. The molecule has 0 amide bonds. The quantitative estimate of drug-likeness (QED) is 0.877. The molecule has 0 atom stereocenters. The molecule has 1 N–H and O–H groups in total. The molecule has 1 aromatic heterocycles. The maximum absolute atomic E-state index is 10.4. The molecule has 0 saturated heterocycles. The average Bonchev–Trinajstić information content (AvgIpc) is 2.40. The summed E-state index contributed by atoms with van der Waals surface area (Å²) < 4.78 is 0. The van der Waals surface area contributed by atoms with Gasteiger partial charge in [0, 0.05) is 12.0 Å². The van der Waals surface area contributed by atoms with Gasteiger partial charge in [-0.3, -0.25) is 4.79 Å². The van der Waals surface area contributed by atoms with E-state index in [0.717, 1.165) is 17.5 Å². The second-order valence-electron chi connectivity index (χ2n) is 4.22. The van der Waals surface area contributed by atoms with Crippen LogP contribution in [0.3, 0.4) is 0 Å². The molecule has 6 heteroatoms. The fourth-order valence-electron chi connectivity index (χ4n) is 1.66. The van der Waals surface area contributed by atoms with Gasteiger partial charge in [-0.25, -0.2) is 0 Å². The van der Waals surface area contributed by atoms with Crippen molar-refractivity contribution in [3.8, 4) is 11.4 Å². The molecule has 1 aromatic carbocycles. The second kappa shape index (κ2) is 5.99. The van der Waals surface area contributed by atoms with E-state index >= 15 is 0 Å². The summed E-state index contributed by atoms with van der Waals surface area (Å²) in [6, 6.07) is 7.68. The first kappa shape index (κ1) is 13.1. The zero-order chi connectivity index (χ0) is 13.7. The Hall–Kier alpha value is -2.37. The standard InChI is InChI=1S/C13H14N4O2/c1-9-14-16-13(17-15-9)11-7-5-10(6-8-11)3-2-4-12(18)19/h5-8H,2-4H2,1H3,(H,18,19). The van der Waals surface area contributed by atoms with E-state index in [2.05, 4.69) is 20.4 Å². The predicted octanol–water partition coefficient (Wildman–Crippen LogP) is 1.65. The first-order valence-electron chi connectivity index (χ1n) is 6.00. The predicted molar refractivity (Wildman–Crippen MR) is 68.4 cm³/mol. The Kier molecular flexibility index (Phi) is 4.12. The highest BCUT2D eigenvalue weighted by Crippen LogP contribution is 2.15. The van der Waals surface area contributed by atoms with E-state index in [9.17, 15) is 4.79 Å². The Morgan fingerprint density at radius 3 is 2.32 bits per heavy atom. The van der Waals surface area contributed by atoms with Gasteiger partial charge in [-0.05, 0) is 25.3 Å². The van der Waals surface area contributed by atoms with E-state index in [1.54, 1.807) is 6.92 Å². The Morgan fingerprint density at radius 2 is 1.74 bits per heavy atom. The Morgan fingerprint density at radius 1 is 1.11 bits per heavy atom. The van der Waals surface area contributed by atoms with Crippen LogP contribution >= 0.6 is 0 Å². The van der Waals surface area contributed by atoms with Crippen LogP contribution in [0, 0.1) is 6.92 Å². The first-order chi connectivity index (χ1) is 9.15. The first-order valence-corrected chi connectivity index (χ1v) is 6.00. The van der Waals surface area contributed by atoms with Crippen molar-refractivity contribution in [2.75, 3.05) is 0 Å². The summed E-state index contributed by atoms with van der Waals surface area (Å²) in [5, 5.41) is 24.2. The lowest BCUT2D eigenvalue weighted by Gasteiger charge is -2.02. The van der Waals surface area contributed by atoms with Crippen LogP contribution in [0.25, 0.3) is 11.4 Å². The number of aliphatic carboxylic acids is 1. The van der Waals surface area contributed by atoms with E-state index in [1.165, 1.54) is 0 Å². The molecule has 2 aromatic rings. The SMILES string of the molecule is Cc1nnc(-c2ccc(CCCC(=O)O)cc2)nn1. The van der Waals surface area contributed by atoms with Gasteiger partial charge in [0.15, 0.2) is 5.82 Å². The number of nitrogens with zero attached hydrogens (tertiary/aromatic N) is 4. The molecule has 0 aliphatic rings. The number of hydrogen-bond donors (Lipinski definition) is 1. The molecule has 0 saturated carbocycles. The van der Waals surface area contributed by atoms with Crippen LogP contribution in [-0.2, 0) is 11.2 Å². The van der Waals surface area contributed by atoms with Crippen molar-refractivity contribution in [2.45, 2.75) is 26.2 Å². The molecule has 0 aliphatic heterocycles. The second-order valence-corrected chi connectivity index (χ2v) is 4.22. The summed E-state index contributed by atoms with van der Waals surface area (Å²) in [5.41, 5.74) is 1.94. The van der Waals surface area contributed by atoms with Crippen LogP contribution in [0.15, 0.2) is 24.3 Å². The van der Waals surface area contributed by atoms with Gasteiger partial charge in [0.25, 0.3) is 0 Å². The van der Waals surface area contributed by atoms with E-state index in [1.807, 2.05) is 24.3 Å². The van der Waals surface area contributed by atoms with Crippen molar-refractivity contribution in [1.29, 1.82) is 0 Å². The van der Waals surface area contributed by atoms with E-state index in [4.69, 9.17) is 5.11 Å². The summed E-state index contributed by atoms with van der Waals surface area (Å²) >= 11 is 0. The summed E-state index contributed by atoms with van der Waals surface area (Å²) in [6.07, 6.45) is 1.58. The number of benzene rings is 1. The smallest absolute Gasteiger partial charge is 0.303 e. The minimum Gasteiger partial charge on any atom is -0.481 e. The Labute approximate surface area is 110 Å². The topological polar surface area (TPSA) is 88.9 Å². The Balaban J connectivity index is 2.02. The van der Waals surface area contributed by atoms with Crippen LogP contribution in [-0.4, -0.2) is 31.5 Å². The molecule has 2 rings (SSSR count). The number of carboxylic acids is 1. The molecule has 0 bridgehead atoms. The molecule has 0 unspecified atom stereocenters. The lowest BCUT2D eigenvalue weighted by Crippen LogP contribution is -1.99. The van der Waals surface area contributed by atoms with Crippen LogP contribution in [0.1, 0.15) is 24.2 Å². The van der Waals surface area contributed by atoms with Crippen LogP contribution < -0.4 is 0 Å². The number of carbonyl (C=O) groups is 1. The normalized spacial score (nSPS) is 10.4. The van der Waals surface area contributed by atoms with Gasteiger partial charge in [0.05, 0.1) is 0 Å². The van der Waals surface area contributed by atoms with Crippen LogP contribution in [0.4, 0.5) is 0 Å². The van der Waals surface area contributed by atoms with Crippen molar-refractivity contribution >= 4 is 5.97 Å². The molecule has 0 spiro atoms. The third kappa shape index (κ3) is 3.80. The molecule has 98 valence electrons. The minimum atomic E-state index is -0.762. The zero-order valence-corrected chi connectivity index (χ0v) is 10.6. The van der Waals surface area contributed by atoms with Crippen molar-refractivity contribution < 1.29 is 9.90 Å². The highest BCUT2D eigenvalue weighted by atomic mass is 16.4. The van der Waals surface area contributed by atoms with Gasteiger partial charge in [-0.15, -0.1) is 20.4 Å². The Bertz CT molecular complexity index is 552. The summed E-state index contributed by atoms with van der Waals surface area (Å²) in [4.78, 5) is 10.4. The van der Waals surface area contributed by atoms with Gasteiger partial charge in [0.2, 0.25) is 5.82 Å². The fraction of sp³-hybridized carbons (Fsp3) is 0.308. The third-order valence-electron chi connectivity index (χ3n) is 2.65. The minimum absolute atomic E-state index is 0.191. The van der Waals surface area contributed by atoms with E-state index < -0.39 is 5.97 Å². The maximum Gasteiger partial charge on any atom is 0.303 e. The summed E-state index contributed by atoms with van der Waals surface area (Å²) in [5.74, 6) is 0.263. The maximum atomic E-state index is 10.4.